The van der Waals surface area contributed by atoms with Crippen LogP contribution in [-0.4, -0.2) is 19.7 Å². The van der Waals surface area contributed by atoms with E-state index in [-0.39, 0.29) is 10.6 Å². The van der Waals surface area contributed by atoms with E-state index in [0.717, 1.165) is 18.4 Å². The van der Waals surface area contributed by atoms with Crippen LogP contribution in [0, 0.1) is 0 Å². The Balaban J connectivity index is 1.90. The van der Waals surface area contributed by atoms with Gasteiger partial charge in [-0.3, -0.25) is 4.98 Å². The molecule has 0 atom stereocenters. The van der Waals surface area contributed by atoms with Gasteiger partial charge < -0.3 is 4.74 Å². The Kier molecular flexibility index (Phi) is 4.93. The van der Waals surface area contributed by atoms with Crippen molar-refractivity contribution >= 4 is 9.84 Å². The molecule has 0 radical (unpaired) electrons. The number of halogens is 3. The van der Waals surface area contributed by atoms with Gasteiger partial charge in [0.15, 0.2) is 15.6 Å². The van der Waals surface area contributed by atoms with Crippen LogP contribution in [0.15, 0.2) is 71.8 Å². The van der Waals surface area contributed by atoms with E-state index in [2.05, 4.69) is 4.98 Å². The van der Waals surface area contributed by atoms with Gasteiger partial charge in [-0.2, -0.15) is 13.2 Å². The fourth-order valence-electron chi connectivity index (χ4n) is 2.39. The first-order valence-corrected chi connectivity index (χ1v) is 9.64. The third kappa shape index (κ3) is 4.46. The summed E-state index contributed by atoms with van der Waals surface area (Å²) >= 11 is 0. The Bertz CT molecular complexity index is 1040. The summed E-state index contributed by atoms with van der Waals surface area (Å²) in [5, 5.41) is 0. The van der Waals surface area contributed by atoms with Crippen LogP contribution in [0.4, 0.5) is 13.2 Å². The summed E-state index contributed by atoms with van der Waals surface area (Å²) in [6.07, 6.45) is -1.76. The zero-order chi connectivity index (χ0) is 19.7. The fraction of sp³-hybridized carbons (Fsp3) is 0.105. The van der Waals surface area contributed by atoms with Crippen molar-refractivity contribution in [1.82, 2.24) is 4.98 Å². The zero-order valence-electron chi connectivity index (χ0n) is 14.1. The van der Waals surface area contributed by atoms with Gasteiger partial charge in [0.2, 0.25) is 0 Å². The molecule has 3 rings (SSSR count). The third-order valence-corrected chi connectivity index (χ3v) is 4.86. The minimum atomic E-state index is -4.42. The van der Waals surface area contributed by atoms with Gasteiger partial charge in [-0.05, 0) is 48.5 Å². The second kappa shape index (κ2) is 7.03. The predicted octanol–water partition coefficient (Wildman–Crippen LogP) is 4.96. The Morgan fingerprint density at radius 3 is 2.11 bits per heavy atom. The molecule has 0 saturated heterocycles. The quantitative estimate of drug-likeness (QED) is 0.628. The van der Waals surface area contributed by atoms with Gasteiger partial charge in [-0.25, -0.2) is 8.42 Å². The van der Waals surface area contributed by atoms with Crippen LogP contribution < -0.4 is 4.74 Å². The average Bonchev–Trinajstić information content (AvgIpc) is 2.61. The topological polar surface area (TPSA) is 56.3 Å². The summed E-state index contributed by atoms with van der Waals surface area (Å²) < 4.78 is 66.8. The lowest BCUT2D eigenvalue weighted by atomic mass is 10.1. The monoisotopic (exact) mass is 393 g/mol. The molecule has 0 aliphatic rings. The smallest absolute Gasteiger partial charge is 0.416 e. The van der Waals surface area contributed by atoms with Gasteiger partial charge in [-0.15, -0.1) is 0 Å². The molecule has 0 fully saturated rings. The average molecular weight is 393 g/mol. The molecule has 8 heteroatoms. The summed E-state index contributed by atoms with van der Waals surface area (Å²) in [4.78, 5) is 4.41. The predicted molar refractivity (Wildman–Crippen MR) is 94.3 cm³/mol. The van der Waals surface area contributed by atoms with Crippen molar-refractivity contribution in [2.75, 3.05) is 6.26 Å². The first-order valence-electron chi connectivity index (χ1n) is 7.75. The minimum Gasteiger partial charge on any atom is -0.455 e. The molecule has 1 heterocycles. The highest BCUT2D eigenvalue weighted by atomic mass is 32.2. The Morgan fingerprint density at radius 2 is 1.56 bits per heavy atom. The zero-order valence-corrected chi connectivity index (χ0v) is 14.9. The SMILES string of the molecule is CS(=O)(=O)c1ccc(-c2ncccc2Oc2ccc(C(F)(F)F)cc2)cc1. The maximum Gasteiger partial charge on any atom is 0.416 e. The van der Waals surface area contributed by atoms with E-state index in [1.807, 2.05) is 0 Å². The number of alkyl halides is 3. The van der Waals surface area contributed by atoms with Crippen molar-refractivity contribution in [3.8, 4) is 22.8 Å². The largest absolute Gasteiger partial charge is 0.455 e. The number of hydrogen-bond donors (Lipinski definition) is 0. The summed E-state index contributed by atoms with van der Waals surface area (Å²) in [5.41, 5.74) is 0.292. The second-order valence-electron chi connectivity index (χ2n) is 5.77. The standard InChI is InChI=1S/C19H14F3NO3S/c1-27(24,25)16-10-4-13(5-11-16)18-17(3-2-12-23-18)26-15-8-6-14(7-9-15)19(20,21)22/h2-12H,1H3. The van der Waals surface area contributed by atoms with Crippen LogP contribution >= 0.6 is 0 Å². The highest BCUT2D eigenvalue weighted by Gasteiger charge is 2.30. The summed E-state index contributed by atoms with van der Waals surface area (Å²) in [6, 6.07) is 13.7. The van der Waals surface area contributed by atoms with Gasteiger partial charge in [-0.1, -0.05) is 12.1 Å². The fourth-order valence-corrected chi connectivity index (χ4v) is 3.02. The van der Waals surface area contributed by atoms with Gasteiger partial charge in [0.25, 0.3) is 0 Å². The van der Waals surface area contributed by atoms with Gasteiger partial charge in [0.1, 0.15) is 11.4 Å². The number of sulfone groups is 1. The highest BCUT2D eigenvalue weighted by molar-refractivity contribution is 7.90. The molecule has 4 nitrogen and oxygen atoms in total. The number of benzene rings is 2. The Labute approximate surface area is 154 Å². The molecule has 0 bridgehead atoms. The maximum atomic E-state index is 12.7. The normalized spacial score (nSPS) is 12.0. The summed E-state index contributed by atoms with van der Waals surface area (Å²) in [6.45, 7) is 0. The van der Waals surface area contributed by atoms with E-state index in [1.165, 1.54) is 24.3 Å². The van der Waals surface area contributed by atoms with E-state index in [9.17, 15) is 21.6 Å². The minimum absolute atomic E-state index is 0.174. The molecule has 0 aliphatic carbocycles. The molecular formula is C19H14F3NO3S. The lowest BCUT2D eigenvalue weighted by Crippen LogP contribution is -2.04. The lowest BCUT2D eigenvalue weighted by molar-refractivity contribution is -0.137. The molecule has 0 unspecified atom stereocenters. The van der Waals surface area contributed by atoms with E-state index in [1.54, 1.807) is 30.5 Å². The molecule has 0 aliphatic heterocycles. The number of rotatable bonds is 4. The van der Waals surface area contributed by atoms with Gasteiger partial charge >= 0.3 is 6.18 Å². The Hall–Kier alpha value is -2.87. The lowest BCUT2D eigenvalue weighted by Gasteiger charge is -2.12. The summed E-state index contributed by atoms with van der Waals surface area (Å²) in [7, 11) is -3.32. The first-order chi connectivity index (χ1) is 12.6. The molecule has 0 saturated carbocycles. The number of hydrogen-bond acceptors (Lipinski definition) is 4. The van der Waals surface area contributed by atoms with Crippen LogP contribution in [0.25, 0.3) is 11.3 Å². The van der Waals surface area contributed by atoms with Crippen LogP contribution in [0.5, 0.6) is 11.5 Å². The molecule has 0 N–H and O–H groups in total. The highest BCUT2D eigenvalue weighted by Crippen LogP contribution is 2.34. The van der Waals surface area contributed by atoms with Crippen molar-refractivity contribution in [1.29, 1.82) is 0 Å². The van der Waals surface area contributed by atoms with Crippen LogP contribution in [-0.2, 0) is 16.0 Å². The van der Waals surface area contributed by atoms with E-state index in [0.29, 0.717) is 17.0 Å². The maximum absolute atomic E-state index is 12.7. The van der Waals surface area contributed by atoms with Crippen LogP contribution in [0.2, 0.25) is 0 Å². The first kappa shape index (κ1) is 18.9. The second-order valence-corrected chi connectivity index (χ2v) is 7.79. The van der Waals surface area contributed by atoms with Gasteiger partial charge in [0, 0.05) is 18.0 Å². The van der Waals surface area contributed by atoms with Crippen molar-refractivity contribution < 1.29 is 26.3 Å². The van der Waals surface area contributed by atoms with Crippen LogP contribution in [0.3, 0.4) is 0 Å². The van der Waals surface area contributed by atoms with E-state index < -0.39 is 21.6 Å². The van der Waals surface area contributed by atoms with Gasteiger partial charge in [0.05, 0.1) is 10.5 Å². The molecular weight excluding hydrogens is 379 g/mol. The van der Waals surface area contributed by atoms with E-state index in [4.69, 9.17) is 4.74 Å². The van der Waals surface area contributed by atoms with Crippen molar-refractivity contribution in [2.45, 2.75) is 11.1 Å². The van der Waals surface area contributed by atoms with E-state index >= 15 is 0 Å². The number of aromatic nitrogens is 1. The molecule has 0 amide bonds. The molecule has 140 valence electrons. The molecule has 3 aromatic rings. The van der Waals surface area contributed by atoms with Crippen molar-refractivity contribution in [3.05, 3.63) is 72.4 Å². The molecule has 27 heavy (non-hydrogen) atoms. The summed E-state index contributed by atoms with van der Waals surface area (Å²) in [5.74, 6) is 0.564. The number of ether oxygens (including phenoxy) is 1. The third-order valence-electron chi connectivity index (χ3n) is 3.74. The van der Waals surface area contributed by atoms with Crippen molar-refractivity contribution in [3.63, 3.8) is 0 Å². The molecule has 2 aromatic carbocycles. The molecule has 1 aromatic heterocycles. The number of pyridine rings is 1. The molecule has 0 spiro atoms. The Morgan fingerprint density at radius 1 is 0.926 bits per heavy atom. The van der Waals surface area contributed by atoms with Crippen LogP contribution in [0.1, 0.15) is 5.56 Å². The number of nitrogens with zero attached hydrogens (tertiary/aromatic N) is 1. The van der Waals surface area contributed by atoms with Crippen molar-refractivity contribution in [2.24, 2.45) is 0 Å².